The van der Waals surface area contributed by atoms with E-state index in [0.29, 0.717) is 11.7 Å². The number of rotatable bonds is 2. The lowest BCUT2D eigenvalue weighted by Gasteiger charge is -2.21. The minimum atomic E-state index is 0.365. The van der Waals surface area contributed by atoms with Crippen molar-refractivity contribution < 1.29 is 0 Å². The predicted molar refractivity (Wildman–Crippen MR) is 86.2 cm³/mol. The Morgan fingerprint density at radius 2 is 2.09 bits per heavy atom. The molecule has 0 radical (unpaired) electrons. The molecule has 0 unspecified atom stereocenters. The number of fused-ring (bicyclic) bond motifs is 1. The normalized spacial score (nSPS) is 20.3. The molecule has 0 bridgehead atoms. The van der Waals surface area contributed by atoms with Gasteiger partial charge >= 0.3 is 0 Å². The molecule has 1 fully saturated rings. The van der Waals surface area contributed by atoms with E-state index in [1.807, 2.05) is 6.07 Å². The molecule has 0 spiro atoms. The quantitative estimate of drug-likeness (QED) is 0.850. The maximum Gasteiger partial charge on any atom is 0.158 e. The third-order valence-corrected chi connectivity index (χ3v) is 4.95. The van der Waals surface area contributed by atoms with Crippen molar-refractivity contribution in [3.63, 3.8) is 0 Å². The topological polar surface area (TPSA) is 70.6 Å². The molecule has 2 aromatic rings. The van der Waals surface area contributed by atoms with Gasteiger partial charge in [0.25, 0.3) is 0 Å². The van der Waals surface area contributed by atoms with Crippen LogP contribution in [0, 0.1) is 18.3 Å². The molecule has 2 aliphatic rings. The lowest BCUT2D eigenvalue weighted by molar-refractivity contribution is 0.504. The lowest BCUT2D eigenvalue weighted by atomic mass is 10.0. The number of hydrogen-bond acceptors (Lipinski definition) is 5. The van der Waals surface area contributed by atoms with Crippen molar-refractivity contribution >= 4 is 5.82 Å². The zero-order valence-corrected chi connectivity index (χ0v) is 13.4. The van der Waals surface area contributed by atoms with E-state index >= 15 is 0 Å². The van der Waals surface area contributed by atoms with Gasteiger partial charge in [-0.15, -0.1) is 0 Å². The lowest BCUT2D eigenvalue weighted by Crippen LogP contribution is -2.23. The molecule has 0 N–H and O–H groups in total. The molecule has 118 valence electrons. The molecule has 3 heterocycles. The van der Waals surface area contributed by atoms with Gasteiger partial charge in [0.1, 0.15) is 17.7 Å². The van der Waals surface area contributed by atoms with Crippen molar-refractivity contribution in [3.8, 4) is 6.07 Å². The number of anilines is 1. The monoisotopic (exact) mass is 308 g/mol. The van der Waals surface area contributed by atoms with Crippen LogP contribution in [0.2, 0.25) is 0 Å². The summed E-state index contributed by atoms with van der Waals surface area (Å²) in [6.45, 7) is 4.03. The smallest absolute Gasteiger partial charge is 0.158 e. The van der Waals surface area contributed by atoms with Crippen molar-refractivity contribution in [2.75, 3.05) is 18.0 Å². The molecule has 23 heavy (non-hydrogen) atoms. The number of nitriles is 1. The summed E-state index contributed by atoms with van der Waals surface area (Å²) in [6.07, 6.45) is 9.18. The Bertz CT molecular complexity index is 755. The van der Waals surface area contributed by atoms with Crippen LogP contribution in [-0.2, 0) is 12.8 Å². The van der Waals surface area contributed by atoms with Gasteiger partial charge < -0.3 is 9.47 Å². The van der Waals surface area contributed by atoms with E-state index in [1.165, 1.54) is 24.2 Å². The van der Waals surface area contributed by atoms with Gasteiger partial charge in [-0.1, -0.05) is 0 Å². The van der Waals surface area contributed by atoms with Crippen LogP contribution in [-0.4, -0.2) is 32.6 Å². The highest BCUT2D eigenvalue weighted by Crippen LogP contribution is 2.31. The zero-order valence-electron chi connectivity index (χ0n) is 13.4. The molecule has 2 aromatic heterocycles. The third kappa shape index (κ3) is 2.46. The Balaban J connectivity index is 1.56. The van der Waals surface area contributed by atoms with Crippen molar-refractivity contribution in [1.29, 1.82) is 5.26 Å². The maximum absolute atomic E-state index is 8.83. The minimum absolute atomic E-state index is 0.365. The van der Waals surface area contributed by atoms with Crippen LogP contribution in [0.4, 0.5) is 5.82 Å². The van der Waals surface area contributed by atoms with Gasteiger partial charge in [-0.05, 0) is 39.0 Å². The second-order valence-corrected chi connectivity index (χ2v) is 6.39. The molecule has 0 amide bonds. The number of imidazole rings is 1. The maximum atomic E-state index is 8.83. The van der Waals surface area contributed by atoms with Crippen LogP contribution in [0.15, 0.2) is 12.4 Å². The van der Waals surface area contributed by atoms with Crippen molar-refractivity contribution in [2.24, 2.45) is 0 Å². The van der Waals surface area contributed by atoms with E-state index in [4.69, 9.17) is 10.2 Å². The van der Waals surface area contributed by atoms with Gasteiger partial charge in [-0.2, -0.15) is 5.26 Å². The Hall–Kier alpha value is -2.42. The number of hydrogen-bond donors (Lipinski definition) is 0. The summed E-state index contributed by atoms with van der Waals surface area (Å²) in [5.74, 6) is 2.01. The van der Waals surface area contributed by atoms with E-state index in [-0.39, 0.29) is 0 Å². The molecule has 4 rings (SSSR count). The molecule has 6 nitrogen and oxygen atoms in total. The molecular formula is C17H20N6. The molecular weight excluding hydrogens is 288 g/mol. The first-order valence-electron chi connectivity index (χ1n) is 8.30. The highest BCUT2D eigenvalue weighted by atomic mass is 15.3. The minimum Gasteiger partial charge on any atom is -0.353 e. The molecule has 0 saturated carbocycles. The number of aromatic nitrogens is 4. The van der Waals surface area contributed by atoms with Gasteiger partial charge in [-0.3, -0.25) is 0 Å². The van der Waals surface area contributed by atoms with Crippen molar-refractivity contribution in [3.05, 3.63) is 35.3 Å². The fourth-order valence-electron chi connectivity index (χ4n) is 3.89. The van der Waals surface area contributed by atoms with Crippen LogP contribution in [0.25, 0.3) is 0 Å². The van der Waals surface area contributed by atoms with Crippen molar-refractivity contribution in [2.45, 2.75) is 45.1 Å². The van der Waals surface area contributed by atoms with Gasteiger partial charge in [0.2, 0.25) is 0 Å². The van der Waals surface area contributed by atoms with Gasteiger partial charge in [0.15, 0.2) is 5.69 Å². The van der Waals surface area contributed by atoms with Gasteiger partial charge in [-0.25, -0.2) is 15.0 Å². The molecule has 6 heteroatoms. The first-order chi connectivity index (χ1) is 11.3. The van der Waals surface area contributed by atoms with Gasteiger partial charge in [0.05, 0.1) is 24.1 Å². The van der Waals surface area contributed by atoms with Crippen LogP contribution in [0.1, 0.15) is 48.2 Å². The predicted octanol–water partition coefficient (Wildman–Crippen LogP) is 2.18. The second-order valence-electron chi connectivity index (χ2n) is 6.39. The Kier molecular flexibility index (Phi) is 3.49. The van der Waals surface area contributed by atoms with E-state index in [9.17, 15) is 0 Å². The van der Waals surface area contributed by atoms with Crippen LogP contribution in [0.3, 0.4) is 0 Å². The summed E-state index contributed by atoms with van der Waals surface area (Å²) in [7, 11) is 0. The average Bonchev–Trinajstić information content (AvgIpc) is 3.18. The summed E-state index contributed by atoms with van der Waals surface area (Å²) < 4.78 is 2.46. The van der Waals surface area contributed by atoms with Crippen LogP contribution in [0.5, 0.6) is 0 Å². The number of nitrogens with zero attached hydrogens (tertiary/aromatic N) is 6. The summed E-state index contributed by atoms with van der Waals surface area (Å²) in [5.41, 5.74) is 3.13. The zero-order chi connectivity index (χ0) is 15.8. The Labute approximate surface area is 135 Å². The molecule has 0 aromatic carbocycles. The van der Waals surface area contributed by atoms with E-state index in [0.717, 1.165) is 44.0 Å². The van der Waals surface area contributed by atoms with Crippen LogP contribution >= 0.6 is 0 Å². The largest absolute Gasteiger partial charge is 0.353 e. The highest BCUT2D eigenvalue weighted by Gasteiger charge is 2.29. The standard InChI is InChI=1S/C17H20N6/c1-12-21-15-4-2-3-5-16(15)23(12)14-6-7-22(11-14)17-10-19-13(8-18)9-20-17/h9-10,14H,2-7,11H2,1H3/t14-/m0/s1. The summed E-state index contributed by atoms with van der Waals surface area (Å²) in [4.78, 5) is 15.6. The van der Waals surface area contributed by atoms with Gasteiger partial charge in [0, 0.05) is 18.8 Å². The first kappa shape index (κ1) is 14.2. The molecule has 1 saturated heterocycles. The Morgan fingerprint density at radius 1 is 1.22 bits per heavy atom. The molecule has 1 aliphatic carbocycles. The molecule has 1 aliphatic heterocycles. The van der Waals surface area contributed by atoms with E-state index in [2.05, 4.69) is 26.4 Å². The SMILES string of the molecule is Cc1nc2c(n1[C@H]1CCN(c3cnc(C#N)cn3)C1)CCCC2. The summed E-state index contributed by atoms with van der Waals surface area (Å²) in [5, 5.41) is 8.83. The van der Waals surface area contributed by atoms with Crippen LogP contribution < -0.4 is 4.90 Å². The van der Waals surface area contributed by atoms with Crippen molar-refractivity contribution in [1.82, 2.24) is 19.5 Å². The molecule has 1 atom stereocenters. The second kappa shape index (κ2) is 5.65. The fourth-order valence-corrected chi connectivity index (χ4v) is 3.89. The first-order valence-corrected chi connectivity index (χ1v) is 8.30. The Morgan fingerprint density at radius 3 is 2.87 bits per heavy atom. The summed E-state index contributed by atoms with van der Waals surface area (Å²) in [6, 6.07) is 2.47. The van der Waals surface area contributed by atoms with E-state index in [1.54, 1.807) is 12.4 Å². The third-order valence-electron chi connectivity index (χ3n) is 4.95. The average molecular weight is 308 g/mol. The number of aryl methyl sites for hydroxylation is 2. The highest BCUT2D eigenvalue weighted by molar-refractivity contribution is 5.39. The van der Waals surface area contributed by atoms with E-state index < -0.39 is 0 Å². The fraction of sp³-hybridized carbons (Fsp3) is 0.529. The summed E-state index contributed by atoms with van der Waals surface area (Å²) >= 11 is 0.